The van der Waals surface area contributed by atoms with E-state index < -0.39 is 10.0 Å². The van der Waals surface area contributed by atoms with Gasteiger partial charge in [0.25, 0.3) is 10.0 Å². The fraction of sp³-hybridized carbons (Fsp3) is 0.154. The molecule has 0 atom stereocenters. The van der Waals surface area contributed by atoms with Gasteiger partial charge in [-0.1, -0.05) is 12.1 Å². The highest BCUT2D eigenvalue weighted by molar-refractivity contribution is 9.10. The number of sulfonamides is 1. The number of hydrogen-bond donors (Lipinski definition) is 2. The van der Waals surface area contributed by atoms with Crippen molar-refractivity contribution in [2.24, 2.45) is 5.73 Å². The summed E-state index contributed by atoms with van der Waals surface area (Å²) in [6, 6.07) is 8.27. The van der Waals surface area contributed by atoms with Gasteiger partial charge < -0.3 is 5.73 Å². The lowest BCUT2D eigenvalue weighted by Crippen LogP contribution is -2.13. The molecule has 7 heteroatoms. The number of aromatic nitrogens is 1. The highest BCUT2D eigenvalue weighted by Crippen LogP contribution is 2.23. The lowest BCUT2D eigenvalue weighted by molar-refractivity contribution is 0.601. The number of halogens is 1. The number of nitrogens with two attached hydrogens (primary N) is 1. The molecule has 0 bridgehead atoms. The van der Waals surface area contributed by atoms with E-state index in [0.717, 1.165) is 12.0 Å². The number of rotatable bonds is 5. The van der Waals surface area contributed by atoms with E-state index in [1.807, 2.05) is 0 Å². The normalized spacial score (nSPS) is 11.3. The molecule has 0 spiro atoms. The van der Waals surface area contributed by atoms with Crippen LogP contribution in [0.5, 0.6) is 0 Å². The second-order valence-electron chi connectivity index (χ2n) is 4.14. The molecule has 0 radical (unpaired) electrons. The zero-order valence-electron chi connectivity index (χ0n) is 10.6. The Kier molecular flexibility index (Phi) is 4.74. The van der Waals surface area contributed by atoms with Crippen molar-refractivity contribution in [2.45, 2.75) is 11.3 Å². The molecule has 1 heterocycles. The van der Waals surface area contributed by atoms with Gasteiger partial charge in [-0.15, -0.1) is 0 Å². The Morgan fingerprint density at radius 3 is 2.50 bits per heavy atom. The first-order chi connectivity index (χ1) is 9.53. The van der Waals surface area contributed by atoms with Crippen LogP contribution in [0.25, 0.3) is 0 Å². The molecule has 0 aliphatic rings. The number of benzene rings is 1. The van der Waals surface area contributed by atoms with Crippen molar-refractivity contribution in [2.75, 3.05) is 11.3 Å². The van der Waals surface area contributed by atoms with Crippen LogP contribution in [0.4, 0.5) is 5.69 Å². The predicted octanol–water partition coefficient (Wildman–Crippen LogP) is 2.15. The Morgan fingerprint density at radius 1 is 1.20 bits per heavy atom. The second kappa shape index (κ2) is 6.34. The van der Waals surface area contributed by atoms with Gasteiger partial charge in [0.1, 0.15) is 0 Å². The van der Waals surface area contributed by atoms with Crippen molar-refractivity contribution in [3.63, 3.8) is 0 Å². The zero-order chi connectivity index (χ0) is 14.6. The summed E-state index contributed by atoms with van der Waals surface area (Å²) >= 11 is 3.25. The van der Waals surface area contributed by atoms with Crippen LogP contribution in [0.3, 0.4) is 0 Å². The van der Waals surface area contributed by atoms with E-state index in [4.69, 9.17) is 5.73 Å². The first kappa shape index (κ1) is 15.0. The Morgan fingerprint density at radius 2 is 1.90 bits per heavy atom. The summed E-state index contributed by atoms with van der Waals surface area (Å²) < 4.78 is 27.6. The molecule has 0 saturated carbocycles. The van der Waals surface area contributed by atoms with Gasteiger partial charge in [-0.05, 0) is 52.7 Å². The number of hydrogen-bond acceptors (Lipinski definition) is 4. The summed E-state index contributed by atoms with van der Waals surface area (Å²) in [6.45, 7) is 0.536. The largest absolute Gasteiger partial charge is 0.330 e. The summed E-state index contributed by atoms with van der Waals surface area (Å²) in [6.07, 6.45) is 3.78. The molecule has 0 fully saturated rings. The molecule has 5 nitrogen and oxygen atoms in total. The Hall–Kier alpha value is -1.44. The average molecular weight is 356 g/mol. The minimum atomic E-state index is -3.61. The zero-order valence-corrected chi connectivity index (χ0v) is 13.0. The first-order valence-electron chi connectivity index (χ1n) is 5.94. The number of anilines is 1. The van der Waals surface area contributed by atoms with Crippen molar-refractivity contribution >= 4 is 31.6 Å². The Bertz CT molecular complexity index is 687. The van der Waals surface area contributed by atoms with Crippen LogP contribution < -0.4 is 10.5 Å². The fourth-order valence-electron chi connectivity index (χ4n) is 1.66. The minimum Gasteiger partial charge on any atom is -0.330 e. The third-order valence-corrected chi connectivity index (χ3v) is 4.70. The van der Waals surface area contributed by atoms with E-state index in [0.29, 0.717) is 16.7 Å². The first-order valence-corrected chi connectivity index (χ1v) is 8.22. The molecule has 0 saturated heterocycles. The fourth-order valence-corrected chi connectivity index (χ4v) is 3.22. The van der Waals surface area contributed by atoms with Crippen LogP contribution in [0.1, 0.15) is 5.56 Å². The monoisotopic (exact) mass is 355 g/mol. The minimum absolute atomic E-state index is 0.210. The topological polar surface area (TPSA) is 85.1 Å². The molecule has 2 aromatic rings. The van der Waals surface area contributed by atoms with Gasteiger partial charge in [-0.25, -0.2) is 8.42 Å². The van der Waals surface area contributed by atoms with Gasteiger partial charge in [0, 0.05) is 12.4 Å². The smallest absolute Gasteiger partial charge is 0.261 e. The van der Waals surface area contributed by atoms with E-state index in [2.05, 4.69) is 25.6 Å². The molecule has 106 valence electrons. The summed E-state index contributed by atoms with van der Waals surface area (Å²) in [5.74, 6) is 0. The van der Waals surface area contributed by atoms with Gasteiger partial charge in [0.2, 0.25) is 0 Å². The van der Waals surface area contributed by atoms with E-state index in [9.17, 15) is 8.42 Å². The third-order valence-electron chi connectivity index (χ3n) is 2.68. The Balaban J connectivity index is 2.24. The molecule has 1 aromatic carbocycles. The lowest BCUT2D eigenvalue weighted by atomic mass is 10.2. The molecule has 2 rings (SSSR count). The van der Waals surface area contributed by atoms with Gasteiger partial charge in [0.05, 0.1) is 15.1 Å². The molecule has 0 unspecified atom stereocenters. The van der Waals surface area contributed by atoms with Crippen LogP contribution in [0.15, 0.2) is 52.1 Å². The standard InChI is InChI=1S/C13H14BrN3O2S/c14-12-9-16-8-6-13(12)17-20(18,19)11-3-1-10(2-4-11)5-7-15/h1-4,6,8-9H,5,7,15H2,(H,16,17). The molecule has 3 N–H and O–H groups in total. The van der Waals surface area contributed by atoms with Crippen LogP contribution in [-0.4, -0.2) is 19.9 Å². The third kappa shape index (κ3) is 3.56. The Labute approximate surface area is 126 Å². The van der Waals surface area contributed by atoms with Gasteiger partial charge in [-0.2, -0.15) is 0 Å². The molecule has 0 aliphatic heterocycles. The number of nitrogens with zero attached hydrogens (tertiary/aromatic N) is 1. The summed E-state index contributed by atoms with van der Waals surface area (Å²) in [5, 5.41) is 0. The highest BCUT2D eigenvalue weighted by Gasteiger charge is 2.15. The van der Waals surface area contributed by atoms with Gasteiger partial charge in [0.15, 0.2) is 0 Å². The molecule has 0 amide bonds. The van der Waals surface area contributed by atoms with E-state index in [1.54, 1.807) is 30.3 Å². The maximum Gasteiger partial charge on any atom is 0.261 e. The van der Waals surface area contributed by atoms with Crippen LogP contribution >= 0.6 is 15.9 Å². The van der Waals surface area contributed by atoms with Crippen molar-refractivity contribution in [1.29, 1.82) is 0 Å². The number of pyridine rings is 1. The van der Waals surface area contributed by atoms with Crippen molar-refractivity contribution < 1.29 is 8.42 Å². The maximum atomic E-state index is 12.2. The molecular formula is C13H14BrN3O2S. The SMILES string of the molecule is NCCc1ccc(S(=O)(=O)Nc2ccncc2Br)cc1. The predicted molar refractivity (Wildman–Crippen MR) is 81.9 cm³/mol. The van der Waals surface area contributed by atoms with Crippen LogP contribution in [0, 0.1) is 0 Å². The van der Waals surface area contributed by atoms with Crippen molar-refractivity contribution in [1.82, 2.24) is 4.98 Å². The quantitative estimate of drug-likeness (QED) is 0.860. The molecular weight excluding hydrogens is 342 g/mol. The lowest BCUT2D eigenvalue weighted by Gasteiger charge is -2.09. The molecule has 0 aliphatic carbocycles. The van der Waals surface area contributed by atoms with Crippen LogP contribution in [0.2, 0.25) is 0 Å². The van der Waals surface area contributed by atoms with Crippen molar-refractivity contribution in [3.05, 3.63) is 52.8 Å². The second-order valence-corrected chi connectivity index (χ2v) is 6.68. The molecule has 1 aromatic heterocycles. The van der Waals surface area contributed by atoms with E-state index >= 15 is 0 Å². The molecule has 20 heavy (non-hydrogen) atoms. The number of nitrogens with one attached hydrogen (secondary N) is 1. The average Bonchev–Trinajstić information content (AvgIpc) is 2.42. The summed E-state index contributed by atoms with van der Waals surface area (Å²) in [5.41, 5.74) is 6.92. The highest BCUT2D eigenvalue weighted by atomic mass is 79.9. The van der Waals surface area contributed by atoms with Crippen LogP contribution in [-0.2, 0) is 16.4 Å². The maximum absolute atomic E-state index is 12.2. The van der Waals surface area contributed by atoms with Crippen molar-refractivity contribution in [3.8, 4) is 0 Å². The summed E-state index contributed by atoms with van der Waals surface area (Å²) in [4.78, 5) is 4.10. The van der Waals surface area contributed by atoms with Gasteiger partial charge in [-0.3, -0.25) is 9.71 Å². The van der Waals surface area contributed by atoms with E-state index in [1.165, 1.54) is 12.4 Å². The van der Waals surface area contributed by atoms with E-state index in [-0.39, 0.29) is 4.90 Å². The van der Waals surface area contributed by atoms with Gasteiger partial charge >= 0.3 is 0 Å². The summed E-state index contributed by atoms with van der Waals surface area (Å²) in [7, 11) is -3.61.